The van der Waals surface area contributed by atoms with Gasteiger partial charge in [0.2, 0.25) is 5.43 Å². The lowest BCUT2D eigenvalue weighted by molar-refractivity contribution is 0.0919. The van der Waals surface area contributed by atoms with Crippen molar-refractivity contribution in [2.75, 3.05) is 26.9 Å². The van der Waals surface area contributed by atoms with Gasteiger partial charge in [-0.15, -0.1) is 0 Å². The first-order chi connectivity index (χ1) is 14.9. The van der Waals surface area contributed by atoms with E-state index in [9.17, 15) is 23.2 Å². The number of ether oxygens (including phenoxy) is 2. The van der Waals surface area contributed by atoms with Crippen molar-refractivity contribution in [1.29, 1.82) is 0 Å². The summed E-state index contributed by atoms with van der Waals surface area (Å²) in [6.07, 6.45) is 2.54. The lowest BCUT2D eigenvalue weighted by atomic mass is 10.1. The third kappa shape index (κ3) is 6.61. The molecular formula is C21H25F2N3O5. The summed E-state index contributed by atoms with van der Waals surface area (Å²) in [5.41, 5.74) is -1.13. The molecule has 0 atom stereocenters. The van der Waals surface area contributed by atoms with Gasteiger partial charge < -0.3 is 25.1 Å². The van der Waals surface area contributed by atoms with E-state index in [1.165, 1.54) is 13.2 Å². The van der Waals surface area contributed by atoms with E-state index < -0.39 is 28.9 Å². The molecule has 10 heteroatoms. The molecule has 2 amide bonds. The van der Waals surface area contributed by atoms with E-state index in [0.29, 0.717) is 12.5 Å². The summed E-state index contributed by atoms with van der Waals surface area (Å²) in [6.45, 7) is 2.36. The molecule has 0 saturated carbocycles. The molecule has 0 fully saturated rings. The van der Waals surface area contributed by atoms with Crippen LogP contribution in [0.4, 0.5) is 8.78 Å². The van der Waals surface area contributed by atoms with Gasteiger partial charge in [0.25, 0.3) is 11.8 Å². The van der Waals surface area contributed by atoms with E-state index in [1.54, 1.807) is 0 Å². The first-order valence-electron chi connectivity index (χ1n) is 9.76. The smallest absolute Gasteiger partial charge is 0.271 e. The minimum absolute atomic E-state index is 0.0553. The van der Waals surface area contributed by atoms with Gasteiger partial charge in [0.1, 0.15) is 17.2 Å². The highest BCUT2D eigenvalue weighted by atomic mass is 19.1. The fraction of sp³-hybridized carbons (Fsp3) is 0.381. The summed E-state index contributed by atoms with van der Waals surface area (Å²) < 4.78 is 37.1. The highest BCUT2D eigenvalue weighted by Crippen LogP contribution is 2.14. The molecule has 1 aromatic carbocycles. The van der Waals surface area contributed by atoms with E-state index in [4.69, 9.17) is 9.47 Å². The zero-order chi connectivity index (χ0) is 22.8. The van der Waals surface area contributed by atoms with Crippen molar-refractivity contribution in [2.24, 2.45) is 0 Å². The number of rotatable bonds is 11. The number of hydrogen-bond donors (Lipinski definition) is 3. The lowest BCUT2D eigenvalue weighted by Crippen LogP contribution is -2.33. The molecule has 0 aliphatic rings. The SMILES string of the molecule is CCCCOc1c(C(=O)NCCOC)[nH]cc(C(=O)NCc2ccc(F)cc2F)c1=O. The Bertz CT molecular complexity index is 978. The van der Waals surface area contributed by atoms with Crippen LogP contribution in [0.3, 0.4) is 0 Å². The van der Waals surface area contributed by atoms with Crippen molar-refractivity contribution in [1.82, 2.24) is 15.6 Å². The van der Waals surface area contributed by atoms with Gasteiger partial charge in [-0.05, 0) is 12.5 Å². The summed E-state index contributed by atoms with van der Waals surface area (Å²) in [6, 6.07) is 2.96. The fourth-order valence-electron chi connectivity index (χ4n) is 2.60. The summed E-state index contributed by atoms with van der Waals surface area (Å²) >= 11 is 0. The Morgan fingerprint density at radius 1 is 1.13 bits per heavy atom. The summed E-state index contributed by atoms with van der Waals surface area (Å²) in [4.78, 5) is 40.4. The Morgan fingerprint density at radius 3 is 2.58 bits per heavy atom. The number of amides is 2. The van der Waals surface area contributed by atoms with Crippen LogP contribution in [0, 0.1) is 11.6 Å². The summed E-state index contributed by atoms with van der Waals surface area (Å²) in [5, 5.41) is 4.98. The maximum Gasteiger partial charge on any atom is 0.271 e. The largest absolute Gasteiger partial charge is 0.487 e. The van der Waals surface area contributed by atoms with Crippen LogP contribution in [0.2, 0.25) is 0 Å². The van der Waals surface area contributed by atoms with E-state index in [2.05, 4.69) is 15.6 Å². The second kappa shape index (κ2) is 11.8. The third-order valence-electron chi connectivity index (χ3n) is 4.30. The van der Waals surface area contributed by atoms with Gasteiger partial charge >= 0.3 is 0 Å². The minimum atomic E-state index is -0.819. The van der Waals surface area contributed by atoms with Gasteiger partial charge in [0, 0.05) is 38.0 Å². The summed E-state index contributed by atoms with van der Waals surface area (Å²) in [5.74, 6) is -3.21. The predicted molar refractivity (Wildman–Crippen MR) is 109 cm³/mol. The van der Waals surface area contributed by atoms with Crippen LogP contribution < -0.4 is 20.8 Å². The maximum atomic E-state index is 13.8. The van der Waals surface area contributed by atoms with Crippen molar-refractivity contribution in [3.8, 4) is 5.75 Å². The minimum Gasteiger partial charge on any atom is -0.487 e. The number of benzene rings is 1. The molecule has 31 heavy (non-hydrogen) atoms. The molecular weight excluding hydrogens is 412 g/mol. The number of methoxy groups -OCH3 is 1. The van der Waals surface area contributed by atoms with Crippen LogP contribution in [-0.4, -0.2) is 43.7 Å². The number of unbranched alkanes of at least 4 members (excludes halogenated alkanes) is 1. The molecule has 1 heterocycles. The first-order valence-corrected chi connectivity index (χ1v) is 9.76. The molecule has 1 aromatic heterocycles. The van der Waals surface area contributed by atoms with Crippen LogP contribution in [0.15, 0.2) is 29.2 Å². The second-order valence-electron chi connectivity index (χ2n) is 6.60. The molecule has 0 spiro atoms. The second-order valence-corrected chi connectivity index (χ2v) is 6.60. The molecule has 0 aliphatic carbocycles. The van der Waals surface area contributed by atoms with Crippen molar-refractivity contribution < 1.29 is 27.8 Å². The molecule has 0 bridgehead atoms. The molecule has 2 rings (SSSR count). The summed E-state index contributed by atoms with van der Waals surface area (Å²) in [7, 11) is 1.48. The van der Waals surface area contributed by atoms with Crippen LogP contribution in [0.25, 0.3) is 0 Å². The number of carbonyl (C=O) groups is 2. The number of nitrogens with one attached hydrogen (secondary N) is 3. The number of hydrogen-bond acceptors (Lipinski definition) is 5. The van der Waals surface area contributed by atoms with Gasteiger partial charge in [0.15, 0.2) is 11.4 Å². The van der Waals surface area contributed by atoms with Crippen molar-refractivity contribution >= 4 is 11.8 Å². The zero-order valence-corrected chi connectivity index (χ0v) is 17.3. The number of H-pyrrole nitrogens is 1. The molecule has 0 unspecified atom stereocenters. The predicted octanol–water partition coefficient (Wildman–Crippen LogP) is 2.14. The number of halogens is 2. The monoisotopic (exact) mass is 437 g/mol. The van der Waals surface area contributed by atoms with Gasteiger partial charge in [-0.1, -0.05) is 19.4 Å². The average Bonchev–Trinajstić information content (AvgIpc) is 2.74. The molecule has 3 N–H and O–H groups in total. The normalized spacial score (nSPS) is 10.6. The van der Waals surface area contributed by atoms with Crippen molar-refractivity contribution in [3.63, 3.8) is 0 Å². The van der Waals surface area contributed by atoms with Crippen LogP contribution >= 0.6 is 0 Å². The third-order valence-corrected chi connectivity index (χ3v) is 4.30. The van der Waals surface area contributed by atoms with Gasteiger partial charge in [-0.3, -0.25) is 14.4 Å². The molecule has 0 aliphatic heterocycles. The number of aromatic amines is 1. The maximum absolute atomic E-state index is 13.8. The van der Waals surface area contributed by atoms with E-state index in [1.807, 2.05) is 6.92 Å². The van der Waals surface area contributed by atoms with E-state index in [0.717, 1.165) is 18.7 Å². The Morgan fingerprint density at radius 2 is 1.90 bits per heavy atom. The quantitative estimate of drug-likeness (QED) is 0.467. The van der Waals surface area contributed by atoms with Gasteiger partial charge in [0.05, 0.1) is 13.2 Å². The molecule has 0 radical (unpaired) electrons. The van der Waals surface area contributed by atoms with E-state index in [-0.39, 0.29) is 48.9 Å². The molecule has 168 valence electrons. The Labute approximate surface area is 178 Å². The highest BCUT2D eigenvalue weighted by molar-refractivity contribution is 5.98. The molecule has 0 saturated heterocycles. The van der Waals surface area contributed by atoms with Gasteiger partial charge in [-0.25, -0.2) is 8.78 Å². The average molecular weight is 437 g/mol. The Balaban J connectivity index is 2.23. The fourth-order valence-corrected chi connectivity index (χ4v) is 2.60. The van der Waals surface area contributed by atoms with E-state index >= 15 is 0 Å². The molecule has 2 aromatic rings. The number of carbonyl (C=O) groups excluding carboxylic acids is 2. The zero-order valence-electron chi connectivity index (χ0n) is 17.3. The number of aromatic nitrogens is 1. The van der Waals surface area contributed by atoms with Gasteiger partial charge in [-0.2, -0.15) is 0 Å². The Kier molecular flexibility index (Phi) is 9.13. The molecule has 8 nitrogen and oxygen atoms in total. The topological polar surface area (TPSA) is 110 Å². The van der Waals surface area contributed by atoms with Crippen LogP contribution in [0.1, 0.15) is 46.2 Å². The van der Waals surface area contributed by atoms with Crippen LogP contribution in [-0.2, 0) is 11.3 Å². The lowest BCUT2D eigenvalue weighted by Gasteiger charge is -2.13. The Hall–Kier alpha value is -3.27. The first kappa shape index (κ1) is 24.0. The number of pyridine rings is 1. The van der Waals surface area contributed by atoms with Crippen molar-refractivity contribution in [3.05, 3.63) is 63.1 Å². The standard InChI is InChI=1S/C21H25F2N3O5/c1-3-4-8-31-19-17(21(29)24-7-9-30-2)25-12-15(18(19)27)20(28)26-11-13-5-6-14(22)10-16(13)23/h5-6,10,12H,3-4,7-9,11H2,1-2H3,(H,24,29)(H,25,27)(H,26,28). The highest BCUT2D eigenvalue weighted by Gasteiger charge is 2.22. The van der Waals surface area contributed by atoms with Crippen LogP contribution in [0.5, 0.6) is 5.75 Å². The van der Waals surface area contributed by atoms with Crippen molar-refractivity contribution in [2.45, 2.75) is 26.3 Å².